The number of hydrogen-bond donors (Lipinski definition) is 2. The summed E-state index contributed by atoms with van der Waals surface area (Å²) in [5.41, 5.74) is -0.438. The number of nitrogens with zero attached hydrogens (tertiary/aromatic N) is 1. The molecule has 28 heavy (non-hydrogen) atoms. The van der Waals surface area contributed by atoms with Crippen molar-refractivity contribution in [2.75, 3.05) is 26.2 Å². The first-order valence-electron chi connectivity index (χ1n) is 9.06. The summed E-state index contributed by atoms with van der Waals surface area (Å²) in [6.07, 6.45) is 0. The SMILES string of the molecule is CCN(CC)CCOC(=O)c1cc(O)c2c(c1)C(=O)c1cccc(O)c1C2=O. The summed E-state index contributed by atoms with van der Waals surface area (Å²) in [6, 6.07) is 6.53. The molecule has 0 bridgehead atoms. The van der Waals surface area contributed by atoms with E-state index >= 15 is 0 Å². The molecule has 0 amide bonds. The van der Waals surface area contributed by atoms with Crippen molar-refractivity contribution in [1.82, 2.24) is 4.90 Å². The maximum atomic E-state index is 12.8. The van der Waals surface area contributed by atoms with Crippen molar-refractivity contribution in [2.45, 2.75) is 13.8 Å². The molecule has 0 atom stereocenters. The highest BCUT2D eigenvalue weighted by atomic mass is 16.5. The minimum atomic E-state index is -0.688. The fourth-order valence-corrected chi connectivity index (χ4v) is 3.29. The summed E-state index contributed by atoms with van der Waals surface area (Å²) in [6.45, 7) is 6.41. The van der Waals surface area contributed by atoms with Crippen LogP contribution >= 0.6 is 0 Å². The fourth-order valence-electron chi connectivity index (χ4n) is 3.29. The fraction of sp³-hybridized carbons (Fsp3) is 0.286. The van der Waals surface area contributed by atoms with Gasteiger partial charge in [0, 0.05) is 17.7 Å². The molecule has 0 spiro atoms. The Kier molecular flexibility index (Phi) is 5.46. The summed E-state index contributed by atoms with van der Waals surface area (Å²) in [5, 5.41) is 20.3. The van der Waals surface area contributed by atoms with Crippen LogP contribution in [0.4, 0.5) is 0 Å². The monoisotopic (exact) mass is 383 g/mol. The van der Waals surface area contributed by atoms with Crippen LogP contribution in [0.1, 0.15) is 56.0 Å². The number of hydrogen-bond acceptors (Lipinski definition) is 7. The lowest BCUT2D eigenvalue weighted by Crippen LogP contribution is -2.28. The van der Waals surface area contributed by atoms with Gasteiger partial charge in [0.25, 0.3) is 0 Å². The molecule has 146 valence electrons. The summed E-state index contributed by atoms with van der Waals surface area (Å²) in [7, 11) is 0. The molecule has 1 aliphatic carbocycles. The molecule has 0 aromatic heterocycles. The number of aromatic hydroxyl groups is 2. The zero-order valence-corrected chi connectivity index (χ0v) is 15.7. The maximum absolute atomic E-state index is 12.8. The molecular formula is C21H21NO6. The lowest BCUT2D eigenvalue weighted by molar-refractivity contribution is 0.0465. The van der Waals surface area contributed by atoms with E-state index in [4.69, 9.17) is 4.74 Å². The Morgan fingerprint density at radius 2 is 1.64 bits per heavy atom. The molecular weight excluding hydrogens is 362 g/mol. The molecule has 3 rings (SSSR count). The second-order valence-electron chi connectivity index (χ2n) is 6.44. The maximum Gasteiger partial charge on any atom is 0.338 e. The van der Waals surface area contributed by atoms with Gasteiger partial charge in [0.15, 0.2) is 5.78 Å². The molecule has 2 aromatic rings. The molecule has 7 heteroatoms. The van der Waals surface area contributed by atoms with E-state index < -0.39 is 23.3 Å². The van der Waals surface area contributed by atoms with Gasteiger partial charge in [-0.1, -0.05) is 26.0 Å². The topological polar surface area (TPSA) is 104 Å². The van der Waals surface area contributed by atoms with E-state index in [1.807, 2.05) is 13.8 Å². The summed E-state index contributed by atoms with van der Waals surface area (Å²) in [5.74, 6) is -2.73. The Hall–Kier alpha value is -3.19. The van der Waals surface area contributed by atoms with Gasteiger partial charge >= 0.3 is 5.97 Å². The van der Waals surface area contributed by atoms with Crippen LogP contribution in [0.5, 0.6) is 11.5 Å². The van der Waals surface area contributed by atoms with Crippen molar-refractivity contribution >= 4 is 17.5 Å². The van der Waals surface area contributed by atoms with Crippen LogP contribution in [-0.2, 0) is 4.74 Å². The number of rotatable bonds is 6. The summed E-state index contributed by atoms with van der Waals surface area (Å²) >= 11 is 0. The van der Waals surface area contributed by atoms with E-state index in [1.165, 1.54) is 24.3 Å². The highest BCUT2D eigenvalue weighted by Gasteiger charge is 2.35. The molecule has 2 N–H and O–H groups in total. The van der Waals surface area contributed by atoms with Gasteiger partial charge in [-0.3, -0.25) is 9.59 Å². The molecule has 1 aliphatic rings. The van der Waals surface area contributed by atoms with Gasteiger partial charge in [-0.25, -0.2) is 4.79 Å². The van der Waals surface area contributed by atoms with Crippen molar-refractivity contribution in [3.05, 3.63) is 58.1 Å². The standard InChI is InChI=1S/C21H21NO6/c1-3-22(4-2)8-9-28-21(27)12-10-14-18(16(24)11-12)20(26)17-13(19(14)25)6-5-7-15(17)23/h5-7,10-11,23-24H,3-4,8-9H2,1-2H3. The van der Waals surface area contributed by atoms with Gasteiger partial charge in [-0.15, -0.1) is 0 Å². The number of phenolic OH excluding ortho intramolecular Hbond substituents is 2. The number of carbonyl (C=O) groups excluding carboxylic acids is 3. The van der Waals surface area contributed by atoms with Gasteiger partial charge < -0.3 is 19.8 Å². The van der Waals surface area contributed by atoms with E-state index in [0.717, 1.165) is 19.2 Å². The normalized spacial score (nSPS) is 12.7. The summed E-state index contributed by atoms with van der Waals surface area (Å²) < 4.78 is 5.23. The lowest BCUT2D eigenvalue weighted by atomic mass is 9.82. The number of phenols is 2. The predicted molar refractivity (Wildman–Crippen MR) is 101 cm³/mol. The number of likely N-dealkylation sites (N-methyl/N-ethyl adjacent to an activating group) is 1. The lowest BCUT2D eigenvalue weighted by Gasteiger charge is -2.20. The average molecular weight is 383 g/mol. The molecule has 0 saturated heterocycles. The number of carbonyl (C=O) groups is 3. The average Bonchev–Trinajstić information content (AvgIpc) is 2.68. The van der Waals surface area contributed by atoms with Crippen LogP contribution in [0.3, 0.4) is 0 Å². The predicted octanol–water partition coefficient (Wildman–Crippen LogP) is 2.37. The minimum absolute atomic E-state index is 0.0134. The number of ether oxygens (including phenoxy) is 1. The molecule has 0 fully saturated rings. The van der Waals surface area contributed by atoms with E-state index in [0.29, 0.717) is 6.54 Å². The Bertz CT molecular complexity index is 962. The largest absolute Gasteiger partial charge is 0.507 e. The number of fused-ring (bicyclic) bond motifs is 2. The Labute approximate surface area is 162 Å². The highest BCUT2D eigenvalue weighted by Crippen LogP contribution is 2.37. The van der Waals surface area contributed by atoms with Crippen molar-refractivity contribution in [3.8, 4) is 11.5 Å². The Morgan fingerprint density at radius 3 is 2.32 bits per heavy atom. The molecule has 0 aliphatic heterocycles. The number of esters is 1. The second-order valence-corrected chi connectivity index (χ2v) is 6.44. The minimum Gasteiger partial charge on any atom is -0.507 e. The molecule has 0 unspecified atom stereocenters. The van der Waals surface area contributed by atoms with Crippen LogP contribution in [-0.4, -0.2) is 58.9 Å². The smallest absolute Gasteiger partial charge is 0.338 e. The van der Waals surface area contributed by atoms with Crippen molar-refractivity contribution in [3.63, 3.8) is 0 Å². The molecule has 0 radical (unpaired) electrons. The Balaban J connectivity index is 1.90. The van der Waals surface area contributed by atoms with Crippen LogP contribution in [0.25, 0.3) is 0 Å². The third-order valence-electron chi connectivity index (χ3n) is 4.87. The van der Waals surface area contributed by atoms with Crippen LogP contribution in [0.15, 0.2) is 30.3 Å². The van der Waals surface area contributed by atoms with E-state index in [2.05, 4.69) is 4.90 Å². The first-order valence-corrected chi connectivity index (χ1v) is 9.06. The van der Waals surface area contributed by atoms with E-state index in [9.17, 15) is 24.6 Å². The van der Waals surface area contributed by atoms with Gasteiger partial charge in [0.1, 0.15) is 18.1 Å². The van der Waals surface area contributed by atoms with Gasteiger partial charge in [-0.2, -0.15) is 0 Å². The third kappa shape index (κ3) is 3.36. The number of ketones is 2. The van der Waals surface area contributed by atoms with Crippen molar-refractivity contribution in [2.24, 2.45) is 0 Å². The van der Waals surface area contributed by atoms with Gasteiger partial charge in [0.05, 0.1) is 16.7 Å². The molecule has 0 saturated carbocycles. The van der Waals surface area contributed by atoms with Crippen LogP contribution in [0.2, 0.25) is 0 Å². The molecule has 2 aromatic carbocycles. The van der Waals surface area contributed by atoms with Crippen molar-refractivity contribution < 1.29 is 29.3 Å². The molecule has 0 heterocycles. The van der Waals surface area contributed by atoms with Crippen LogP contribution in [0, 0.1) is 0 Å². The highest BCUT2D eigenvalue weighted by molar-refractivity contribution is 6.30. The Morgan fingerprint density at radius 1 is 0.964 bits per heavy atom. The van der Waals surface area contributed by atoms with Gasteiger partial charge in [0.2, 0.25) is 5.78 Å². The second kappa shape index (κ2) is 7.82. The number of benzene rings is 2. The van der Waals surface area contributed by atoms with Gasteiger partial charge in [-0.05, 0) is 31.3 Å². The zero-order valence-electron chi connectivity index (χ0n) is 15.7. The van der Waals surface area contributed by atoms with E-state index in [1.54, 1.807) is 0 Å². The first-order chi connectivity index (χ1) is 13.4. The first kappa shape index (κ1) is 19.6. The summed E-state index contributed by atoms with van der Waals surface area (Å²) in [4.78, 5) is 39.9. The van der Waals surface area contributed by atoms with Crippen molar-refractivity contribution in [1.29, 1.82) is 0 Å². The van der Waals surface area contributed by atoms with E-state index in [-0.39, 0.29) is 40.2 Å². The quantitative estimate of drug-likeness (QED) is 0.630. The zero-order chi connectivity index (χ0) is 20.4. The molecule has 7 nitrogen and oxygen atoms in total. The van der Waals surface area contributed by atoms with Crippen LogP contribution < -0.4 is 0 Å². The third-order valence-corrected chi connectivity index (χ3v) is 4.87.